The average Bonchev–Trinajstić information content (AvgIpc) is 2.79. The number of aryl methyl sites for hydroxylation is 1. The van der Waals surface area contributed by atoms with Gasteiger partial charge in [-0.25, -0.2) is 4.98 Å². The third kappa shape index (κ3) is 5.40. The Hall–Kier alpha value is -2.31. The van der Waals surface area contributed by atoms with Gasteiger partial charge in [-0.2, -0.15) is 0 Å². The quantitative estimate of drug-likeness (QED) is 0.751. The van der Waals surface area contributed by atoms with Crippen LogP contribution in [0, 0.1) is 0 Å². The van der Waals surface area contributed by atoms with Gasteiger partial charge in [0.2, 0.25) is 0 Å². The summed E-state index contributed by atoms with van der Waals surface area (Å²) in [5, 5.41) is 3.67. The number of anilines is 3. The Balaban J connectivity index is 1.36. The number of hydrogen-bond donors (Lipinski definition) is 2. The summed E-state index contributed by atoms with van der Waals surface area (Å²) < 4.78 is 5.47. The van der Waals surface area contributed by atoms with E-state index in [1.807, 2.05) is 6.20 Å². The van der Waals surface area contributed by atoms with Gasteiger partial charge in [-0.3, -0.25) is 0 Å². The summed E-state index contributed by atoms with van der Waals surface area (Å²) in [5.74, 6) is 0.970. The third-order valence-electron chi connectivity index (χ3n) is 5.86. The second kappa shape index (κ2) is 9.94. The van der Waals surface area contributed by atoms with Crippen molar-refractivity contribution in [3.8, 4) is 0 Å². The highest BCUT2D eigenvalue weighted by atomic mass is 16.5. The van der Waals surface area contributed by atoms with Crippen molar-refractivity contribution in [3.05, 3.63) is 48.2 Å². The first kappa shape index (κ1) is 20.0. The molecule has 6 heteroatoms. The van der Waals surface area contributed by atoms with Crippen molar-refractivity contribution in [2.45, 2.75) is 31.7 Å². The molecule has 2 aliphatic rings. The molecule has 0 saturated carbocycles. The van der Waals surface area contributed by atoms with Gasteiger partial charge in [0.05, 0.1) is 13.2 Å². The highest BCUT2D eigenvalue weighted by Crippen LogP contribution is 2.24. The molecule has 2 aliphatic heterocycles. The fourth-order valence-corrected chi connectivity index (χ4v) is 4.23. The summed E-state index contributed by atoms with van der Waals surface area (Å²) in [6, 6.07) is 13.7. The van der Waals surface area contributed by atoms with Crippen molar-refractivity contribution in [1.29, 1.82) is 0 Å². The number of ether oxygens (including phenoxy) is 1. The van der Waals surface area contributed by atoms with Crippen molar-refractivity contribution >= 4 is 17.2 Å². The number of aromatic nitrogens is 1. The van der Waals surface area contributed by atoms with Gasteiger partial charge >= 0.3 is 0 Å². The number of pyridine rings is 1. The lowest BCUT2D eigenvalue weighted by Gasteiger charge is -2.35. The minimum Gasteiger partial charge on any atom is -0.378 e. The number of rotatable bonds is 7. The van der Waals surface area contributed by atoms with Crippen LogP contribution in [0.25, 0.3) is 0 Å². The molecule has 3 heterocycles. The lowest BCUT2D eigenvalue weighted by molar-refractivity contribution is 0.122. The summed E-state index contributed by atoms with van der Waals surface area (Å²) in [5.41, 5.74) is 9.53. The molecular weight excluding hydrogens is 362 g/mol. The number of morpholine rings is 1. The second-order valence-corrected chi connectivity index (χ2v) is 7.99. The zero-order valence-electron chi connectivity index (χ0n) is 17.2. The standard InChI is InChI=1S/C23H33N5O/c24-10-1-3-19-5-7-21(8-6-19)28-12-2-4-20(18-28)26-23-17-22(9-11-25-23)27-13-15-29-16-14-27/h5-9,11,17,20H,1-4,10,12-16,18,24H2,(H,25,26)/t20-/m1/s1. The zero-order valence-corrected chi connectivity index (χ0v) is 17.2. The Morgan fingerprint density at radius 1 is 1.03 bits per heavy atom. The average molecular weight is 396 g/mol. The van der Waals surface area contributed by atoms with Crippen LogP contribution in [0.4, 0.5) is 17.2 Å². The van der Waals surface area contributed by atoms with Crippen LogP contribution in [-0.4, -0.2) is 57.0 Å². The van der Waals surface area contributed by atoms with E-state index < -0.39 is 0 Å². The summed E-state index contributed by atoms with van der Waals surface area (Å²) in [7, 11) is 0. The Morgan fingerprint density at radius 3 is 2.66 bits per heavy atom. The van der Waals surface area contributed by atoms with Gasteiger partial charge in [-0.05, 0) is 56.0 Å². The fraction of sp³-hybridized carbons (Fsp3) is 0.522. The minimum atomic E-state index is 0.410. The van der Waals surface area contributed by atoms with E-state index in [0.29, 0.717) is 6.04 Å². The number of piperidine rings is 1. The van der Waals surface area contributed by atoms with Gasteiger partial charge in [-0.15, -0.1) is 0 Å². The van der Waals surface area contributed by atoms with E-state index in [1.54, 1.807) is 0 Å². The molecule has 0 spiro atoms. The van der Waals surface area contributed by atoms with E-state index in [9.17, 15) is 0 Å². The molecule has 0 bridgehead atoms. The van der Waals surface area contributed by atoms with Crippen LogP contribution in [-0.2, 0) is 11.2 Å². The summed E-state index contributed by atoms with van der Waals surface area (Å²) >= 11 is 0. The lowest BCUT2D eigenvalue weighted by Crippen LogP contribution is -2.42. The fourth-order valence-electron chi connectivity index (χ4n) is 4.23. The largest absolute Gasteiger partial charge is 0.378 e. The molecule has 4 rings (SSSR count). The number of hydrogen-bond acceptors (Lipinski definition) is 6. The van der Waals surface area contributed by atoms with E-state index >= 15 is 0 Å². The van der Waals surface area contributed by atoms with Crippen molar-refractivity contribution in [2.75, 3.05) is 61.1 Å². The summed E-state index contributed by atoms with van der Waals surface area (Å²) in [4.78, 5) is 9.43. The first-order chi connectivity index (χ1) is 14.3. The minimum absolute atomic E-state index is 0.410. The van der Waals surface area contributed by atoms with E-state index in [4.69, 9.17) is 10.5 Å². The monoisotopic (exact) mass is 395 g/mol. The molecular formula is C23H33N5O. The Kier molecular flexibility index (Phi) is 6.85. The van der Waals surface area contributed by atoms with Crippen LogP contribution in [0.1, 0.15) is 24.8 Å². The molecule has 0 unspecified atom stereocenters. The Labute approximate surface area is 174 Å². The molecule has 1 atom stereocenters. The lowest BCUT2D eigenvalue weighted by atomic mass is 10.0. The van der Waals surface area contributed by atoms with Crippen LogP contribution in [0.5, 0.6) is 0 Å². The Morgan fingerprint density at radius 2 is 1.86 bits per heavy atom. The molecule has 2 fully saturated rings. The maximum atomic E-state index is 5.62. The van der Waals surface area contributed by atoms with Gasteiger partial charge < -0.3 is 25.6 Å². The number of nitrogens with one attached hydrogen (secondary N) is 1. The maximum Gasteiger partial charge on any atom is 0.128 e. The predicted octanol–water partition coefficient (Wildman–Crippen LogP) is 2.89. The van der Waals surface area contributed by atoms with Gasteiger partial charge in [0.25, 0.3) is 0 Å². The molecule has 156 valence electrons. The molecule has 0 radical (unpaired) electrons. The highest BCUT2D eigenvalue weighted by Gasteiger charge is 2.21. The van der Waals surface area contributed by atoms with Gasteiger partial charge in [0.15, 0.2) is 0 Å². The first-order valence-corrected chi connectivity index (χ1v) is 10.9. The molecule has 29 heavy (non-hydrogen) atoms. The van der Waals surface area contributed by atoms with E-state index in [-0.39, 0.29) is 0 Å². The normalized spacial score (nSPS) is 20.0. The molecule has 0 aliphatic carbocycles. The number of nitrogens with two attached hydrogens (primary N) is 1. The van der Waals surface area contributed by atoms with Crippen molar-refractivity contribution < 1.29 is 4.74 Å². The molecule has 2 aromatic rings. The van der Waals surface area contributed by atoms with Crippen molar-refractivity contribution in [1.82, 2.24) is 4.98 Å². The zero-order chi connectivity index (χ0) is 19.9. The number of benzene rings is 1. The number of nitrogens with zero attached hydrogens (tertiary/aromatic N) is 3. The van der Waals surface area contributed by atoms with Crippen molar-refractivity contribution in [2.24, 2.45) is 5.73 Å². The van der Waals surface area contributed by atoms with E-state index in [2.05, 4.69) is 56.5 Å². The smallest absolute Gasteiger partial charge is 0.128 e. The Bertz CT molecular complexity index is 760. The van der Waals surface area contributed by atoms with Crippen LogP contribution in [0.15, 0.2) is 42.6 Å². The topological polar surface area (TPSA) is 66.7 Å². The predicted molar refractivity (Wildman–Crippen MR) is 120 cm³/mol. The molecule has 0 amide bonds. The SMILES string of the molecule is NCCCc1ccc(N2CCC[C@@H](Nc3cc(N4CCOCC4)ccn3)C2)cc1. The summed E-state index contributed by atoms with van der Waals surface area (Å²) in [6.45, 7) is 6.36. The van der Waals surface area contributed by atoms with Gasteiger partial charge in [0, 0.05) is 55.9 Å². The molecule has 6 nitrogen and oxygen atoms in total. The molecule has 3 N–H and O–H groups in total. The first-order valence-electron chi connectivity index (χ1n) is 10.9. The van der Waals surface area contributed by atoms with Crippen molar-refractivity contribution in [3.63, 3.8) is 0 Å². The molecule has 1 aromatic heterocycles. The van der Waals surface area contributed by atoms with Crippen LogP contribution in [0.2, 0.25) is 0 Å². The maximum absolute atomic E-state index is 5.62. The second-order valence-electron chi connectivity index (χ2n) is 7.99. The van der Waals surface area contributed by atoms with Crippen LogP contribution < -0.4 is 20.9 Å². The van der Waals surface area contributed by atoms with E-state index in [1.165, 1.54) is 29.8 Å². The van der Waals surface area contributed by atoms with Crippen LogP contribution in [0.3, 0.4) is 0 Å². The highest BCUT2D eigenvalue weighted by molar-refractivity contribution is 5.55. The molecule has 1 aromatic carbocycles. The van der Waals surface area contributed by atoms with Gasteiger partial charge in [0.1, 0.15) is 5.82 Å². The van der Waals surface area contributed by atoms with E-state index in [0.717, 1.165) is 64.6 Å². The van der Waals surface area contributed by atoms with Crippen LogP contribution >= 0.6 is 0 Å². The summed E-state index contributed by atoms with van der Waals surface area (Å²) in [6.07, 6.45) is 6.38. The third-order valence-corrected chi connectivity index (χ3v) is 5.86. The van der Waals surface area contributed by atoms with Gasteiger partial charge in [-0.1, -0.05) is 12.1 Å². The molecule has 2 saturated heterocycles.